The van der Waals surface area contributed by atoms with Crippen molar-refractivity contribution in [2.75, 3.05) is 16.8 Å². The predicted molar refractivity (Wildman–Crippen MR) is 68.7 cm³/mol. The molecule has 1 aliphatic heterocycles. The number of hydrogen-bond acceptors (Lipinski definition) is 3. The first kappa shape index (κ1) is 12.9. The van der Waals surface area contributed by atoms with E-state index in [9.17, 15) is 14.7 Å². The minimum atomic E-state index is -0.669. The highest BCUT2D eigenvalue weighted by Gasteiger charge is 2.30. The lowest BCUT2D eigenvalue weighted by Gasteiger charge is -2.18. The molecule has 96 valence electrons. The van der Waals surface area contributed by atoms with Crippen LogP contribution in [0.25, 0.3) is 0 Å². The van der Waals surface area contributed by atoms with Gasteiger partial charge in [0, 0.05) is 12.6 Å². The van der Waals surface area contributed by atoms with Crippen LogP contribution in [0, 0.1) is 0 Å². The van der Waals surface area contributed by atoms with Crippen molar-refractivity contribution in [3.8, 4) is 0 Å². The number of aliphatic hydroxyl groups excluding tert-OH is 1. The Hall–Kier alpha value is -1.59. The van der Waals surface area contributed by atoms with Crippen LogP contribution in [0.5, 0.6) is 0 Å². The van der Waals surface area contributed by atoms with Crippen molar-refractivity contribution in [1.82, 2.24) is 0 Å². The lowest BCUT2D eigenvalue weighted by molar-refractivity contribution is -0.117. The number of anilines is 2. The fraction of sp³-hybridized carbons (Fsp3) is 0.333. The van der Waals surface area contributed by atoms with E-state index >= 15 is 0 Å². The van der Waals surface area contributed by atoms with E-state index in [1.165, 1.54) is 11.8 Å². The fourth-order valence-corrected chi connectivity index (χ4v) is 2.14. The third-order valence-corrected chi connectivity index (χ3v) is 2.98. The summed E-state index contributed by atoms with van der Waals surface area (Å²) in [4.78, 5) is 24.1. The average Bonchev–Trinajstić information content (AvgIpc) is 2.60. The van der Waals surface area contributed by atoms with E-state index < -0.39 is 6.10 Å². The van der Waals surface area contributed by atoms with E-state index in [0.29, 0.717) is 16.4 Å². The third-order valence-electron chi connectivity index (χ3n) is 2.66. The average molecular weight is 269 g/mol. The van der Waals surface area contributed by atoms with Gasteiger partial charge in [0.15, 0.2) is 0 Å². The Bertz CT molecular complexity index is 504. The standard InChI is InChI=1S/C12H13ClN2O3/c1-7(16)14-8-2-3-10(13)11(4-8)15-6-9(17)5-12(15)18/h2-4,9,17H,5-6H2,1H3,(H,14,16). The van der Waals surface area contributed by atoms with Crippen molar-refractivity contribution in [3.05, 3.63) is 23.2 Å². The van der Waals surface area contributed by atoms with Crippen molar-refractivity contribution in [2.24, 2.45) is 0 Å². The second kappa shape index (κ2) is 4.96. The van der Waals surface area contributed by atoms with Crippen LogP contribution in [0.15, 0.2) is 18.2 Å². The van der Waals surface area contributed by atoms with Crippen LogP contribution in [-0.4, -0.2) is 29.6 Å². The van der Waals surface area contributed by atoms with Gasteiger partial charge in [0.05, 0.1) is 29.8 Å². The smallest absolute Gasteiger partial charge is 0.229 e. The number of carbonyl (C=O) groups excluding carboxylic acids is 2. The molecule has 0 bridgehead atoms. The normalized spacial score (nSPS) is 19.2. The summed E-state index contributed by atoms with van der Waals surface area (Å²) < 4.78 is 0. The minimum Gasteiger partial charge on any atom is -0.391 e. The summed E-state index contributed by atoms with van der Waals surface area (Å²) in [6, 6.07) is 4.89. The maximum absolute atomic E-state index is 11.7. The van der Waals surface area contributed by atoms with Crippen LogP contribution >= 0.6 is 11.6 Å². The summed E-state index contributed by atoms with van der Waals surface area (Å²) in [5.74, 6) is -0.375. The Balaban J connectivity index is 2.31. The predicted octanol–water partition coefficient (Wildman–Crippen LogP) is 1.40. The molecule has 6 heteroatoms. The number of amides is 2. The van der Waals surface area contributed by atoms with Gasteiger partial charge >= 0.3 is 0 Å². The number of hydrogen-bond donors (Lipinski definition) is 2. The SMILES string of the molecule is CC(=O)Nc1ccc(Cl)c(N2CC(O)CC2=O)c1. The highest BCUT2D eigenvalue weighted by molar-refractivity contribution is 6.34. The summed E-state index contributed by atoms with van der Waals surface area (Å²) in [5, 5.41) is 12.5. The molecule has 1 atom stereocenters. The number of nitrogens with one attached hydrogen (secondary N) is 1. The van der Waals surface area contributed by atoms with Gasteiger partial charge < -0.3 is 15.3 Å². The largest absolute Gasteiger partial charge is 0.391 e. The van der Waals surface area contributed by atoms with Crippen LogP contribution in [-0.2, 0) is 9.59 Å². The van der Waals surface area contributed by atoms with Gasteiger partial charge in [-0.25, -0.2) is 0 Å². The number of nitrogens with zero attached hydrogens (tertiary/aromatic N) is 1. The molecule has 1 unspecified atom stereocenters. The Kier molecular flexibility index (Phi) is 3.54. The Morgan fingerprint density at radius 1 is 1.56 bits per heavy atom. The number of halogens is 1. The van der Waals surface area contributed by atoms with Gasteiger partial charge in [0.2, 0.25) is 11.8 Å². The van der Waals surface area contributed by atoms with Gasteiger partial charge in [-0.05, 0) is 18.2 Å². The van der Waals surface area contributed by atoms with Gasteiger partial charge in [-0.3, -0.25) is 9.59 Å². The highest BCUT2D eigenvalue weighted by Crippen LogP contribution is 2.32. The molecule has 0 aromatic heterocycles. The zero-order valence-electron chi connectivity index (χ0n) is 9.81. The molecule has 2 rings (SSSR count). The van der Waals surface area contributed by atoms with Crippen molar-refractivity contribution < 1.29 is 14.7 Å². The quantitative estimate of drug-likeness (QED) is 0.852. The van der Waals surface area contributed by atoms with E-state index in [2.05, 4.69) is 5.32 Å². The summed E-state index contributed by atoms with van der Waals surface area (Å²) >= 11 is 6.04. The van der Waals surface area contributed by atoms with E-state index in [1.807, 2.05) is 0 Å². The van der Waals surface area contributed by atoms with E-state index in [1.54, 1.807) is 18.2 Å². The van der Waals surface area contributed by atoms with Crippen molar-refractivity contribution >= 4 is 34.8 Å². The second-order valence-electron chi connectivity index (χ2n) is 4.21. The molecule has 0 radical (unpaired) electrons. The summed E-state index contributed by atoms with van der Waals surface area (Å²) in [6.07, 6.45) is -0.571. The number of aliphatic hydroxyl groups is 1. The Morgan fingerprint density at radius 2 is 2.28 bits per heavy atom. The molecular formula is C12H13ClN2O3. The molecule has 1 fully saturated rings. The van der Waals surface area contributed by atoms with Crippen molar-refractivity contribution in [3.63, 3.8) is 0 Å². The van der Waals surface area contributed by atoms with E-state index in [4.69, 9.17) is 11.6 Å². The molecule has 0 aliphatic carbocycles. The molecule has 0 saturated carbocycles. The van der Waals surface area contributed by atoms with E-state index in [0.717, 1.165) is 0 Å². The Morgan fingerprint density at radius 3 is 2.83 bits per heavy atom. The molecule has 1 aromatic rings. The summed E-state index contributed by atoms with van der Waals surface area (Å²) in [6.45, 7) is 1.63. The van der Waals surface area contributed by atoms with E-state index in [-0.39, 0.29) is 24.8 Å². The lowest BCUT2D eigenvalue weighted by Crippen LogP contribution is -2.25. The highest BCUT2D eigenvalue weighted by atomic mass is 35.5. The third kappa shape index (κ3) is 2.63. The number of carbonyl (C=O) groups is 2. The maximum atomic E-state index is 11.7. The topological polar surface area (TPSA) is 69.6 Å². The fourth-order valence-electron chi connectivity index (χ4n) is 1.92. The molecule has 1 aliphatic rings. The van der Waals surface area contributed by atoms with Crippen molar-refractivity contribution in [1.29, 1.82) is 0 Å². The minimum absolute atomic E-state index is 0.0979. The van der Waals surface area contributed by atoms with Crippen LogP contribution in [0.2, 0.25) is 5.02 Å². The molecule has 1 heterocycles. The molecule has 2 N–H and O–H groups in total. The summed E-state index contributed by atoms with van der Waals surface area (Å²) in [5.41, 5.74) is 1.07. The number of benzene rings is 1. The molecular weight excluding hydrogens is 256 g/mol. The monoisotopic (exact) mass is 268 g/mol. The van der Waals surface area contributed by atoms with Gasteiger partial charge in [0.25, 0.3) is 0 Å². The maximum Gasteiger partial charge on any atom is 0.229 e. The summed E-state index contributed by atoms with van der Waals surface area (Å²) in [7, 11) is 0. The zero-order valence-corrected chi connectivity index (χ0v) is 10.6. The van der Waals surface area contributed by atoms with Crippen LogP contribution in [0.3, 0.4) is 0 Å². The van der Waals surface area contributed by atoms with Crippen molar-refractivity contribution in [2.45, 2.75) is 19.4 Å². The lowest BCUT2D eigenvalue weighted by atomic mass is 10.2. The molecule has 0 spiro atoms. The van der Waals surface area contributed by atoms with Gasteiger partial charge in [-0.2, -0.15) is 0 Å². The number of rotatable bonds is 2. The van der Waals surface area contributed by atoms with Crippen LogP contribution in [0.4, 0.5) is 11.4 Å². The second-order valence-corrected chi connectivity index (χ2v) is 4.62. The van der Waals surface area contributed by atoms with Gasteiger partial charge in [-0.15, -0.1) is 0 Å². The first-order chi connectivity index (χ1) is 8.47. The molecule has 1 saturated heterocycles. The molecule has 1 aromatic carbocycles. The van der Waals surface area contributed by atoms with Gasteiger partial charge in [-0.1, -0.05) is 11.6 Å². The molecule has 18 heavy (non-hydrogen) atoms. The zero-order chi connectivity index (χ0) is 13.3. The number of β-amino-alcohol motifs (C(OH)–C–C–N with tert-alkyl or cyclic N) is 1. The Labute approximate surface area is 109 Å². The first-order valence-electron chi connectivity index (χ1n) is 5.53. The van der Waals surface area contributed by atoms with Crippen LogP contribution in [0.1, 0.15) is 13.3 Å². The first-order valence-corrected chi connectivity index (χ1v) is 5.90. The van der Waals surface area contributed by atoms with Crippen LogP contribution < -0.4 is 10.2 Å². The molecule has 2 amide bonds. The molecule has 5 nitrogen and oxygen atoms in total. The van der Waals surface area contributed by atoms with Gasteiger partial charge in [0.1, 0.15) is 0 Å².